The Morgan fingerprint density at radius 3 is 2.66 bits per heavy atom. The first-order chi connectivity index (χ1) is 15.2. The number of aromatic nitrogens is 2. The predicted octanol–water partition coefficient (Wildman–Crippen LogP) is 5.55. The maximum Gasteiger partial charge on any atom is 0.335 e. The average Bonchev–Trinajstić information content (AvgIpc) is 3.19. The molecule has 1 aliphatic rings. The monoisotopic (exact) mass is 483 g/mol. The Kier molecular flexibility index (Phi) is 5.94. The molecule has 0 unspecified atom stereocenters. The summed E-state index contributed by atoms with van der Waals surface area (Å²) in [7, 11) is 0. The second-order valence-corrected chi connectivity index (χ2v) is 9.40. The Hall–Kier alpha value is -2.94. The number of nitrogens with zero attached hydrogens (tertiary/aromatic N) is 3. The van der Waals surface area contributed by atoms with Gasteiger partial charge in [0, 0.05) is 5.56 Å². The van der Waals surface area contributed by atoms with Gasteiger partial charge < -0.3 is 5.11 Å². The molecule has 1 aromatic heterocycles. The summed E-state index contributed by atoms with van der Waals surface area (Å²) >= 11 is 13.2. The van der Waals surface area contributed by atoms with Crippen LogP contribution in [0, 0.1) is 20.8 Å². The Bertz CT molecular complexity index is 1330. The van der Waals surface area contributed by atoms with Crippen molar-refractivity contribution in [2.24, 2.45) is 0 Å². The van der Waals surface area contributed by atoms with Crippen LogP contribution in [0.2, 0.25) is 5.15 Å². The zero-order valence-electron chi connectivity index (χ0n) is 17.4. The van der Waals surface area contributed by atoms with E-state index in [-0.39, 0.29) is 11.5 Å². The molecule has 0 saturated carbocycles. The molecule has 6 nitrogen and oxygen atoms in total. The van der Waals surface area contributed by atoms with Gasteiger partial charge in [0.25, 0.3) is 5.91 Å². The minimum atomic E-state index is -1.07. The minimum Gasteiger partial charge on any atom is -0.478 e. The maximum absolute atomic E-state index is 13.1. The molecule has 3 aromatic rings. The fourth-order valence-electron chi connectivity index (χ4n) is 3.38. The summed E-state index contributed by atoms with van der Waals surface area (Å²) in [5.41, 5.74) is 4.77. The van der Waals surface area contributed by atoms with Gasteiger partial charge >= 0.3 is 5.97 Å². The minimum absolute atomic E-state index is 0.0780. The zero-order valence-corrected chi connectivity index (χ0v) is 19.8. The normalized spacial score (nSPS) is 15.1. The van der Waals surface area contributed by atoms with Crippen LogP contribution < -0.4 is 4.90 Å². The van der Waals surface area contributed by atoms with Gasteiger partial charge in [0.15, 0.2) is 4.32 Å². The van der Waals surface area contributed by atoms with Crippen molar-refractivity contribution < 1.29 is 14.7 Å². The highest BCUT2D eigenvalue weighted by molar-refractivity contribution is 8.27. The van der Waals surface area contributed by atoms with Gasteiger partial charge in [-0.15, -0.1) is 0 Å². The summed E-state index contributed by atoms with van der Waals surface area (Å²) in [5.74, 6) is -1.41. The number of halogens is 1. The molecule has 0 aliphatic carbocycles. The molecule has 1 fully saturated rings. The number of amides is 1. The van der Waals surface area contributed by atoms with Crippen molar-refractivity contribution in [2.45, 2.75) is 20.8 Å². The summed E-state index contributed by atoms with van der Waals surface area (Å²) in [6, 6.07) is 12.2. The molecule has 9 heteroatoms. The molecule has 4 rings (SSSR count). The standard InChI is InChI=1S/C23H18ClN3O3S2/c1-12-7-8-13(2)18(9-12)27-20(24)17(14(3)25-27)11-19-21(28)26(23(31)32-19)16-6-4-5-15(10-16)22(29)30/h4-11H,1-3H3,(H,29,30)/b19-11-. The van der Waals surface area contributed by atoms with E-state index in [4.69, 9.17) is 23.8 Å². The van der Waals surface area contributed by atoms with Crippen molar-refractivity contribution in [1.82, 2.24) is 9.78 Å². The van der Waals surface area contributed by atoms with Gasteiger partial charge in [0.1, 0.15) is 5.15 Å². The zero-order chi connectivity index (χ0) is 23.2. The molecule has 1 aliphatic heterocycles. The molecule has 1 saturated heterocycles. The van der Waals surface area contributed by atoms with E-state index in [9.17, 15) is 14.7 Å². The number of hydrogen-bond donors (Lipinski definition) is 1. The van der Waals surface area contributed by atoms with E-state index < -0.39 is 5.97 Å². The van der Waals surface area contributed by atoms with Crippen molar-refractivity contribution in [3.05, 3.63) is 80.5 Å². The van der Waals surface area contributed by atoms with Crippen molar-refractivity contribution >= 4 is 63.5 Å². The Morgan fingerprint density at radius 2 is 1.94 bits per heavy atom. The SMILES string of the molecule is Cc1ccc(C)c(-n2nc(C)c(/C=C3\SC(=S)N(c4cccc(C(=O)O)c4)C3=O)c2Cl)c1. The average molecular weight is 484 g/mol. The van der Waals surface area contributed by atoms with Crippen molar-refractivity contribution in [2.75, 3.05) is 4.90 Å². The highest BCUT2D eigenvalue weighted by Gasteiger charge is 2.34. The summed E-state index contributed by atoms with van der Waals surface area (Å²) in [4.78, 5) is 26.2. The van der Waals surface area contributed by atoms with E-state index in [1.54, 1.807) is 22.9 Å². The molecule has 32 heavy (non-hydrogen) atoms. The number of carboxylic acid groups (broad SMARTS) is 1. The fourth-order valence-corrected chi connectivity index (χ4v) is 4.98. The largest absolute Gasteiger partial charge is 0.478 e. The number of thioether (sulfide) groups is 1. The van der Waals surface area contributed by atoms with Gasteiger partial charge in [-0.05, 0) is 62.2 Å². The number of rotatable bonds is 4. The third-order valence-corrected chi connectivity index (χ3v) is 6.73. The molecular formula is C23H18ClN3O3S2. The van der Waals surface area contributed by atoms with E-state index in [2.05, 4.69) is 5.10 Å². The summed E-state index contributed by atoms with van der Waals surface area (Å²) in [5, 5.41) is 14.2. The number of aryl methyl sites for hydroxylation is 3. The molecule has 0 atom stereocenters. The number of benzene rings is 2. The molecule has 0 spiro atoms. The first kappa shape index (κ1) is 22.3. The van der Waals surface area contributed by atoms with Crippen molar-refractivity contribution in [1.29, 1.82) is 0 Å². The molecular weight excluding hydrogens is 466 g/mol. The number of carbonyl (C=O) groups excluding carboxylic acids is 1. The lowest BCUT2D eigenvalue weighted by molar-refractivity contribution is -0.113. The fraction of sp³-hybridized carbons (Fsp3) is 0.130. The van der Waals surface area contributed by atoms with Crippen molar-refractivity contribution in [3.8, 4) is 5.69 Å². The molecule has 1 N–H and O–H groups in total. The van der Waals surface area contributed by atoms with Crippen LogP contribution in [0.25, 0.3) is 11.8 Å². The Labute approximate surface area is 199 Å². The third kappa shape index (κ3) is 3.97. The lowest BCUT2D eigenvalue weighted by atomic mass is 10.1. The molecule has 0 bridgehead atoms. The van der Waals surface area contributed by atoms with Gasteiger partial charge in [-0.3, -0.25) is 9.69 Å². The van der Waals surface area contributed by atoms with E-state index in [1.807, 2.05) is 39.0 Å². The summed E-state index contributed by atoms with van der Waals surface area (Å²) in [6.07, 6.45) is 1.69. The third-order valence-electron chi connectivity index (χ3n) is 5.06. The van der Waals surface area contributed by atoms with Crippen LogP contribution in [-0.4, -0.2) is 31.1 Å². The first-order valence-corrected chi connectivity index (χ1v) is 11.2. The number of anilines is 1. The van der Waals surface area contributed by atoms with Gasteiger partial charge in [0.05, 0.1) is 27.5 Å². The topological polar surface area (TPSA) is 75.4 Å². The van der Waals surface area contributed by atoms with Gasteiger partial charge in [-0.1, -0.05) is 53.8 Å². The van der Waals surface area contributed by atoms with E-state index in [1.165, 1.54) is 17.0 Å². The van der Waals surface area contributed by atoms with Crippen LogP contribution in [0.3, 0.4) is 0 Å². The first-order valence-electron chi connectivity index (χ1n) is 9.61. The molecule has 2 heterocycles. The predicted molar refractivity (Wildman–Crippen MR) is 132 cm³/mol. The molecule has 1 amide bonds. The maximum atomic E-state index is 13.1. The van der Waals surface area contributed by atoms with Crippen LogP contribution in [0.1, 0.15) is 32.7 Å². The summed E-state index contributed by atoms with van der Waals surface area (Å²) in [6.45, 7) is 5.81. The van der Waals surface area contributed by atoms with E-state index in [0.717, 1.165) is 28.6 Å². The van der Waals surface area contributed by atoms with Crippen LogP contribution in [0.5, 0.6) is 0 Å². The second-order valence-electron chi connectivity index (χ2n) is 7.36. The van der Waals surface area contributed by atoms with E-state index >= 15 is 0 Å². The molecule has 162 valence electrons. The number of carbonyl (C=O) groups is 2. The molecule has 0 radical (unpaired) electrons. The highest BCUT2D eigenvalue weighted by atomic mass is 35.5. The Morgan fingerprint density at radius 1 is 1.19 bits per heavy atom. The van der Waals surface area contributed by atoms with Crippen LogP contribution in [0.15, 0.2) is 47.4 Å². The highest BCUT2D eigenvalue weighted by Crippen LogP contribution is 2.38. The lowest BCUT2D eigenvalue weighted by Gasteiger charge is -2.14. The van der Waals surface area contributed by atoms with Crippen LogP contribution in [-0.2, 0) is 4.79 Å². The van der Waals surface area contributed by atoms with Gasteiger partial charge in [-0.25, -0.2) is 9.48 Å². The van der Waals surface area contributed by atoms with Gasteiger partial charge in [-0.2, -0.15) is 5.10 Å². The number of thiocarbonyl (C=S) groups is 1. The Balaban J connectivity index is 1.73. The quantitative estimate of drug-likeness (QED) is 0.387. The lowest BCUT2D eigenvalue weighted by Crippen LogP contribution is -2.27. The van der Waals surface area contributed by atoms with Crippen LogP contribution in [0.4, 0.5) is 5.69 Å². The smallest absolute Gasteiger partial charge is 0.335 e. The van der Waals surface area contributed by atoms with Crippen molar-refractivity contribution in [3.63, 3.8) is 0 Å². The van der Waals surface area contributed by atoms with E-state index in [0.29, 0.717) is 31.3 Å². The summed E-state index contributed by atoms with van der Waals surface area (Å²) < 4.78 is 1.99. The second kappa shape index (κ2) is 8.54. The number of carboxylic acids is 1. The van der Waals surface area contributed by atoms with Gasteiger partial charge in [0.2, 0.25) is 0 Å². The molecule has 2 aromatic carbocycles. The number of aromatic carboxylic acids is 1. The van der Waals surface area contributed by atoms with Crippen LogP contribution >= 0.6 is 35.6 Å². The number of hydrogen-bond acceptors (Lipinski definition) is 5.